The molecular formula is C24H17Cl2N3O4. The zero-order valence-electron chi connectivity index (χ0n) is 17.3. The smallest absolute Gasteiger partial charge is 0.360 e. The summed E-state index contributed by atoms with van der Waals surface area (Å²) in [5, 5.41) is 7.91. The lowest BCUT2D eigenvalue weighted by atomic mass is 10.1. The SMILES string of the molecule is CC(OC(=O)c1nn(-c2ccccc2)c(=O)c2ccccc12)C(=O)Nc1cccc(Cl)c1Cl. The van der Waals surface area contributed by atoms with Gasteiger partial charge in [-0.05, 0) is 37.3 Å². The van der Waals surface area contributed by atoms with E-state index in [-0.39, 0.29) is 21.3 Å². The van der Waals surface area contributed by atoms with Crippen molar-refractivity contribution in [2.75, 3.05) is 5.32 Å². The van der Waals surface area contributed by atoms with Crippen LogP contribution in [0.1, 0.15) is 17.4 Å². The van der Waals surface area contributed by atoms with E-state index in [2.05, 4.69) is 10.4 Å². The van der Waals surface area contributed by atoms with E-state index in [1.165, 1.54) is 6.92 Å². The molecule has 33 heavy (non-hydrogen) atoms. The molecule has 9 heteroatoms. The van der Waals surface area contributed by atoms with Crippen LogP contribution in [0.5, 0.6) is 0 Å². The minimum absolute atomic E-state index is 0.0884. The zero-order chi connectivity index (χ0) is 23.5. The average Bonchev–Trinajstić information content (AvgIpc) is 2.82. The van der Waals surface area contributed by atoms with Gasteiger partial charge in [0.1, 0.15) is 0 Å². The van der Waals surface area contributed by atoms with Crippen molar-refractivity contribution in [3.05, 3.63) is 98.9 Å². The van der Waals surface area contributed by atoms with Crippen LogP contribution in [0.2, 0.25) is 10.0 Å². The maximum atomic E-state index is 13.0. The van der Waals surface area contributed by atoms with Crippen molar-refractivity contribution >= 4 is 51.5 Å². The number of fused-ring (bicyclic) bond motifs is 1. The maximum absolute atomic E-state index is 13.0. The number of esters is 1. The number of carbonyl (C=O) groups is 2. The molecule has 4 aromatic rings. The molecule has 0 spiro atoms. The van der Waals surface area contributed by atoms with E-state index in [1.807, 2.05) is 0 Å². The number of rotatable bonds is 5. The first-order valence-corrected chi connectivity index (χ1v) is 10.7. The molecule has 0 aliphatic rings. The van der Waals surface area contributed by atoms with E-state index in [0.29, 0.717) is 22.1 Å². The van der Waals surface area contributed by atoms with Crippen LogP contribution in [0.4, 0.5) is 5.69 Å². The Kier molecular flexibility index (Phi) is 6.44. The third-order valence-electron chi connectivity index (χ3n) is 4.86. The Morgan fingerprint density at radius 3 is 2.33 bits per heavy atom. The lowest BCUT2D eigenvalue weighted by Gasteiger charge is -2.15. The Bertz CT molecular complexity index is 1420. The fraction of sp³-hybridized carbons (Fsp3) is 0.0833. The Labute approximate surface area is 198 Å². The number of nitrogens with zero attached hydrogens (tertiary/aromatic N) is 2. The first-order valence-electron chi connectivity index (χ1n) is 9.90. The second-order valence-corrected chi connectivity index (χ2v) is 7.87. The van der Waals surface area contributed by atoms with Gasteiger partial charge in [0, 0.05) is 5.39 Å². The normalized spacial score (nSPS) is 11.7. The summed E-state index contributed by atoms with van der Waals surface area (Å²) in [6, 6.07) is 20.1. The van der Waals surface area contributed by atoms with Crippen molar-refractivity contribution in [2.24, 2.45) is 0 Å². The summed E-state index contributed by atoms with van der Waals surface area (Å²) in [5.41, 5.74) is 0.311. The molecule has 1 heterocycles. The van der Waals surface area contributed by atoms with E-state index in [9.17, 15) is 14.4 Å². The summed E-state index contributed by atoms with van der Waals surface area (Å²) in [7, 11) is 0. The van der Waals surface area contributed by atoms with Crippen molar-refractivity contribution in [1.82, 2.24) is 9.78 Å². The molecule has 0 aliphatic carbocycles. The molecule has 0 saturated heterocycles. The van der Waals surface area contributed by atoms with Crippen molar-refractivity contribution in [3.63, 3.8) is 0 Å². The highest BCUT2D eigenvalue weighted by atomic mass is 35.5. The number of ether oxygens (including phenoxy) is 1. The molecular weight excluding hydrogens is 465 g/mol. The molecule has 1 unspecified atom stereocenters. The van der Waals surface area contributed by atoms with Crippen LogP contribution in [0.15, 0.2) is 77.6 Å². The second kappa shape index (κ2) is 9.44. The number of hydrogen-bond acceptors (Lipinski definition) is 5. The monoisotopic (exact) mass is 481 g/mol. The second-order valence-electron chi connectivity index (χ2n) is 7.08. The van der Waals surface area contributed by atoms with Gasteiger partial charge in [-0.3, -0.25) is 9.59 Å². The third kappa shape index (κ3) is 4.60. The number of benzene rings is 3. The Hall–Kier alpha value is -3.68. The van der Waals surface area contributed by atoms with Crippen molar-refractivity contribution in [1.29, 1.82) is 0 Å². The summed E-state index contributed by atoms with van der Waals surface area (Å²) < 4.78 is 6.51. The predicted molar refractivity (Wildman–Crippen MR) is 127 cm³/mol. The Balaban J connectivity index is 1.65. The molecule has 1 atom stereocenters. The number of halogens is 2. The number of amides is 1. The molecule has 0 radical (unpaired) electrons. The number of para-hydroxylation sites is 1. The molecule has 0 aliphatic heterocycles. The molecule has 1 N–H and O–H groups in total. The van der Waals surface area contributed by atoms with E-state index in [1.54, 1.807) is 72.8 Å². The molecule has 0 fully saturated rings. The summed E-state index contributed by atoms with van der Waals surface area (Å²) >= 11 is 12.1. The van der Waals surface area contributed by atoms with Gasteiger partial charge < -0.3 is 10.1 Å². The molecule has 3 aromatic carbocycles. The first kappa shape index (κ1) is 22.5. The lowest BCUT2D eigenvalue weighted by molar-refractivity contribution is -0.123. The van der Waals surface area contributed by atoms with Gasteiger partial charge in [0.05, 0.1) is 26.8 Å². The molecule has 0 bridgehead atoms. The highest BCUT2D eigenvalue weighted by Gasteiger charge is 2.24. The largest absolute Gasteiger partial charge is 0.448 e. The number of aromatic nitrogens is 2. The minimum Gasteiger partial charge on any atom is -0.448 e. The predicted octanol–water partition coefficient (Wildman–Crippen LogP) is 4.88. The van der Waals surface area contributed by atoms with Crippen LogP contribution < -0.4 is 10.9 Å². The van der Waals surface area contributed by atoms with Crippen LogP contribution in [0.3, 0.4) is 0 Å². The number of anilines is 1. The molecule has 1 amide bonds. The van der Waals surface area contributed by atoms with Crippen LogP contribution in [-0.4, -0.2) is 27.8 Å². The average molecular weight is 482 g/mol. The Morgan fingerprint density at radius 2 is 1.61 bits per heavy atom. The van der Waals surface area contributed by atoms with E-state index in [0.717, 1.165) is 4.68 Å². The van der Waals surface area contributed by atoms with Gasteiger partial charge in [-0.2, -0.15) is 9.78 Å². The van der Waals surface area contributed by atoms with Gasteiger partial charge in [0.15, 0.2) is 11.8 Å². The summed E-state index contributed by atoms with van der Waals surface area (Å²) in [4.78, 5) is 38.6. The third-order valence-corrected chi connectivity index (χ3v) is 5.68. The molecule has 166 valence electrons. The van der Waals surface area contributed by atoms with Gasteiger partial charge >= 0.3 is 5.97 Å². The van der Waals surface area contributed by atoms with Crippen molar-refractivity contribution < 1.29 is 14.3 Å². The lowest BCUT2D eigenvalue weighted by Crippen LogP contribution is -2.31. The van der Waals surface area contributed by atoms with Gasteiger partial charge in [-0.25, -0.2) is 4.79 Å². The number of carbonyl (C=O) groups excluding carboxylic acids is 2. The molecule has 0 saturated carbocycles. The molecule has 7 nitrogen and oxygen atoms in total. The van der Waals surface area contributed by atoms with Crippen molar-refractivity contribution in [3.8, 4) is 5.69 Å². The fourth-order valence-electron chi connectivity index (χ4n) is 3.19. The van der Waals surface area contributed by atoms with E-state index >= 15 is 0 Å². The van der Waals surface area contributed by atoms with Crippen LogP contribution in [-0.2, 0) is 9.53 Å². The standard InChI is InChI=1S/C24H17Cl2N3O4/c1-14(22(30)27-19-13-7-12-18(25)20(19)26)33-24(32)21-16-10-5-6-11-17(16)23(31)29(28-21)15-8-3-2-4-9-15/h2-14H,1H3,(H,27,30). The molecule has 4 rings (SSSR count). The number of nitrogens with one attached hydrogen (secondary N) is 1. The summed E-state index contributed by atoms with van der Waals surface area (Å²) in [6.07, 6.45) is -1.18. The van der Waals surface area contributed by atoms with E-state index < -0.39 is 18.0 Å². The Morgan fingerprint density at radius 1 is 0.939 bits per heavy atom. The molecule has 1 aromatic heterocycles. The highest BCUT2D eigenvalue weighted by Crippen LogP contribution is 2.29. The minimum atomic E-state index is -1.18. The van der Waals surface area contributed by atoms with Crippen LogP contribution in [0.25, 0.3) is 16.5 Å². The quantitative estimate of drug-likeness (QED) is 0.410. The summed E-state index contributed by atoms with van der Waals surface area (Å²) in [6.45, 7) is 1.42. The first-order chi connectivity index (χ1) is 15.9. The van der Waals surface area contributed by atoms with E-state index in [4.69, 9.17) is 27.9 Å². The topological polar surface area (TPSA) is 90.3 Å². The van der Waals surface area contributed by atoms with Crippen LogP contribution in [0, 0.1) is 0 Å². The van der Waals surface area contributed by atoms with Crippen molar-refractivity contribution in [2.45, 2.75) is 13.0 Å². The number of hydrogen-bond donors (Lipinski definition) is 1. The van der Waals surface area contributed by atoms with Gasteiger partial charge in [0.2, 0.25) is 0 Å². The van der Waals surface area contributed by atoms with Gasteiger partial charge in [-0.1, -0.05) is 65.7 Å². The zero-order valence-corrected chi connectivity index (χ0v) is 18.8. The highest BCUT2D eigenvalue weighted by molar-refractivity contribution is 6.44. The summed E-state index contributed by atoms with van der Waals surface area (Å²) in [5.74, 6) is -1.45. The fourth-order valence-corrected chi connectivity index (χ4v) is 3.54. The maximum Gasteiger partial charge on any atom is 0.360 e. The van der Waals surface area contributed by atoms with Gasteiger partial charge in [-0.15, -0.1) is 0 Å². The van der Waals surface area contributed by atoms with Gasteiger partial charge in [0.25, 0.3) is 11.5 Å². The van der Waals surface area contributed by atoms with Crippen LogP contribution >= 0.6 is 23.2 Å².